The summed E-state index contributed by atoms with van der Waals surface area (Å²) in [6.07, 6.45) is -2.40. The molecular formula is C22H23F3N4O5. The van der Waals surface area contributed by atoms with E-state index in [-0.39, 0.29) is 18.0 Å². The number of halogens is 3. The fourth-order valence-electron chi connectivity index (χ4n) is 3.82. The molecule has 2 fully saturated rings. The van der Waals surface area contributed by atoms with Gasteiger partial charge in [0.05, 0.1) is 11.0 Å². The summed E-state index contributed by atoms with van der Waals surface area (Å²) >= 11 is 0. The third-order valence-corrected chi connectivity index (χ3v) is 5.61. The SMILES string of the molecule is Cn1c(=O)n(C2CCC(=O)NC2=O)c2ccc(C#CC3CCNCC3)cc21.O=C(O)C(F)(F)F. The minimum atomic E-state index is -5.08. The average molecular weight is 480 g/mol. The average Bonchev–Trinajstić information content (AvgIpc) is 3.03. The van der Waals surface area contributed by atoms with Gasteiger partial charge in [-0.15, -0.1) is 0 Å². The van der Waals surface area contributed by atoms with Crippen molar-refractivity contribution in [2.45, 2.75) is 37.9 Å². The molecule has 0 aliphatic carbocycles. The summed E-state index contributed by atoms with van der Waals surface area (Å²) in [4.78, 5) is 45.3. The van der Waals surface area contributed by atoms with E-state index in [1.807, 2.05) is 18.2 Å². The van der Waals surface area contributed by atoms with Crippen LogP contribution in [0.2, 0.25) is 0 Å². The van der Waals surface area contributed by atoms with Gasteiger partial charge in [-0.3, -0.25) is 24.0 Å². The van der Waals surface area contributed by atoms with Crippen LogP contribution in [0.1, 0.15) is 37.3 Å². The highest BCUT2D eigenvalue weighted by Gasteiger charge is 2.38. The second kappa shape index (κ2) is 10.1. The van der Waals surface area contributed by atoms with Gasteiger partial charge in [0.15, 0.2) is 0 Å². The Morgan fingerprint density at radius 3 is 2.35 bits per heavy atom. The first-order valence-electron chi connectivity index (χ1n) is 10.6. The number of nitrogens with one attached hydrogen (secondary N) is 2. The highest BCUT2D eigenvalue weighted by molar-refractivity contribution is 6.00. The van der Waals surface area contributed by atoms with E-state index >= 15 is 0 Å². The van der Waals surface area contributed by atoms with Gasteiger partial charge in [0.25, 0.3) is 0 Å². The first kappa shape index (κ1) is 25.0. The van der Waals surface area contributed by atoms with Crippen molar-refractivity contribution in [1.29, 1.82) is 0 Å². The number of amides is 2. The van der Waals surface area contributed by atoms with Crippen molar-refractivity contribution in [3.63, 3.8) is 0 Å². The standard InChI is InChI=1S/C20H22N4O3.C2HF3O2/c1-23-17-12-14(3-2-13-8-10-21-11-9-13)4-5-15(17)24(20(23)27)16-6-7-18(25)22-19(16)26;3-2(4,5)1(6)7/h4-5,12-13,16,21H,6-11H2,1H3,(H,22,25,26);(H,6,7). The van der Waals surface area contributed by atoms with Gasteiger partial charge in [0.1, 0.15) is 6.04 Å². The molecule has 0 spiro atoms. The molecular weight excluding hydrogens is 457 g/mol. The van der Waals surface area contributed by atoms with Gasteiger partial charge in [-0.25, -0.2) is 9.59 Å². The number of fused-ring (bicyclic) bond motifs is 1. The van der Waals surface area contributed by atoms with E-state index in [0.717, 1.165) is 37.0 Å². The van der Waals surface area contributed by atoms with Gasteiger partial charge in [0, 0.05) is 24.9 Å². The van der Waals surface area contributed by atoms with Crippen molar-refractivity contribution in [3.8, 4) is 11.8 Å². The number of alkyl halides is 3. The molecule has 2 saturated heterocycles. The second-order valence-electron chi connectivity index (χ2n) is 7.98. The molecule has 2 aliphatic rings. The van der Waals surface area contributed by atoms with Crippen molar-refractivity contribution in [1.82, 2.24) is 19.8 Å². The van der Waals surface area contributed by atoms with Crippen LogP contribution in [0.5, 0.6) is 0 Å². The topological polar surface area (TPSA) is 122 Å². The van der Waals surface area contributed by atoms with Crippen molar-refractivity contribution >= 4 is 28.8 Å². The maximum Gasteiger partial charge on any atom is 0.490 e. The molecule has 3 heterocycles. The number of rotatable bonds is 1. The van der Waals surface area contributed by atoms with Gasteiger partial charge in [-0.05, 0) is 50.6 Å². The van der Waals surface area contributed by atoms with Crippen LogP contribution in [0, 0.1) is 17.8 Å². The van der Waals surface area contributed by atoms with Crippen LogP contribution in [-0.2, 0) is 21.4 Å². The Hall–Kier alpha value is -3.59. The molecule has 182 valence electrons. The number of aryl methyl sites for hydroxylation is 1. The van der Waals surface area contributed by atoms with Crippen molar-refractivity contribution in [2.24, 2.45) is 13.0 Å². The molecule has 2 amide bonds. The Morgan fingerprint density at radius 2 is 1.76 bits per heavy atom. The number of nitrogens with zero attached hydrogens (tertiary/aromatic N) is 2. The first-order valence-corrected chi connectivity index (χ1v) is 10.6. The number of hydrogen-bond acceptors (Lipinski definition) is 5. The normalized spacial score (nSPS) is 19.0. The van der Waals surface area contributed by atoms with Crippen molar-refractivity contribution in [2.75, 3.05) is 13.1 Å². The van der Waals surface area contributed by atoms with Gasteiger partial charge < -0.3 is 10.4 Å². The molecule has 1 unspecified atom stereocenters. The van der Waals surface area contributed by atoms with E-state index in [1.54, 1.807) is 7.05 Å². The molecule has 4 rings (SSSR count). The highest BCUT2D eigenvalue weighted by atomic mass is 19.4. The summed E-state index contributed by atoms with van der Waals surface area (Å²) in [5.41, 5.74) is 2.02. The zero-order valence-corrected chi connectivity index (χ0v) is 18.2. The minimum Gasteiger partial charge on any atom is -0.475 e. The quantitative estimate of drug-likeness (QED) is 0.418. The Labute approximate surface area is 191 Å². The number of benzene rings is 1. The van der Waals surface area contributed by atoms with E-state index in [1.165, 1.54) is 9.13 Å². The molecule has 3 N–H and O–H groups in total. The molecule has 2 aliphatic heterocycles. The van der Waals surface area contributed by atoms with Gasteiger partial charge in [0.2, 0.25) is 11.8 Å². The number of aliphatic carboxylic acids is 1. The molecule has 0 saturated carbocycles. The number of carbonyl (C=O) groups is 3. The van der Waals surface area contributed by atoms with Crippen molar-refractivity contribution in [3.05, 3.63) is 34.2 Å². The number of carboxylic acid groups (broad SMARTS) is 1. The van der Waals surface area contributed by atoms with E-state index in [2.05, 4.69) is 22.5 Å². The number of imide groups is 1. The van der Waals surface area contributed by atoms with Crippen LogP contribution in [0.25, 0.3) is 11.0 Å². The van der Waals surface area contributed by atoms with E-state index in [0.29, 0.717) is 17.9 Å². The minimum absolute atomic E-state index is 0.235. The third-order valence-electron chi connectivity index (χ3n) is 5.61. The molecule has 2 aromatic rings. The number of piperidine rings is 2. The highest BCUT2D eigenvalue weighted by Crippen LogP contribution is 2.23. The Balaban J connectivity index is 0.000000406. The zero-order chi connectivity index (χ0) is 25.0. The van der Waals surface area contributed by atoms with E-state index < -0.39 is 24.1 Å². The maximum absolute atomic E-state index is 12.7. The zero-order valence-electron chi connectivity index (χ0n) is 18.2. The number of carbonyl (C=O) groups excluding carboxylic acids is 2. The van der Waals surface area contributed by atoms with E-state index in [4.69, 9.17) is 9.90 Å². The van der Waals surface area contributed by atoms with Crippen LogP contribution >= 0.6 is 0 Å². The smallest absolute Gasteiger partial charge is 0.475 e. The lowest BCUT2D eigenvalue weighted by Crippen LogP contribution is -2.44. The fraction of sp³-hybridized carbons (Fsp3) is 0.455. The van der Waals surface area contributed by atoms with Gasteiger partial charge >= 0.3 is 17.8 Å². The van der Waals surface area contributed by atoms with E-state index in [9.17, 15) is 27.6 Å². The predicted molar refractivity (Wildman–Crippen MR) is 115 cm³/mol. The van der Waals surface area contributed by atoms with Crippen LogP contribution in [0.4, 0.5) is 13.2 Å². The van der Waals surface area contributed by atoms with Crippen molar-refractivity contribution < 1.29 is 32.7 Å². The fourth-order valence-corrected chi connectivity index (χ4v) is 3.82. The Kier molecular flexibility index (Phi) is 7.46. The summed E-state index contributed by atoms with van der Waals surface area (Å²) in [5, 5.41) is 12.8. The molecule has 12 heteroatoms. The molecule has 1 atom stereocenters. The lowest BCUT2D eigenvalue weighted by molar-refractivity contribution is -0.192. The summed E-state index contributed by atoms with van der Waals surface area (Å²) in [6.45, 7) is 2.00. The summed E-state index contributed by atoms with van der Waals surface area (Å²) in [7, 11) is 1.69. The van der Waals surface area contributed by atoms with Crippen LogP contribution in [-0.4, -0.2) is 51.3 Å². The Morgan fingerprint density at radius 1 is 1.12 bits per heavy atom. The summed E-state index contributed by atoms with van der Waals surface area (Å²) < 4.78 is 34.8. The second-order valence-corrected chi connectivity index (χ2v) is 7.98. The lowest BCUT2D eigenvalue weighted by atomic mass is 9.98. The number of hydrogen-bond donors (Lipinski definition) is 3. The molecule has 0 radical (unpaired) electrons. The summed E-state index contributed by atoms with van der Waals surface area (Å²) in [6, 6.07) is 4.96. The predicted octanol–water partition coefficient (Wildman–Crippen LogP) is 1.30. The number of carboxylic acids is 1. The van der Waals surface area contributed by atoms with Crippen LogP contribution in [0.3, 0.4) is 0 Å². The monoisotopic (exact) mass is 480 g/mol. The molecule has 9 nitrogen and oxygen atoms in total. The molecule has 34 heavy (non-hydrogen) atoms. The van der Waals surface area contributed by atoms with Gasteiger partial charge in [-0.1, -0.05) is 11.8 Å². The van der Waals surface area contributed by atoms with Crippen LogP contribution < -0.4 is 16.3 Å². The largest absolute Gasteiger partial charge is 0.490 e. The molecule has 1 aromatic heterocycles. The van der Waals surface area contributed by atoms with Crippen LogP contribution in [0.15, 0.2) is 23.0 Å². The molecule has 1 aromatic carbocycles. The lowest BCUT2D eigenvalue weighted by Gasteiger charge is -2.21. The molecule has 0 bridgehead atoms. The first-order chi connectivity index (χ1) is 16.0. The Bertz CT molecular complexity index is 1230. The van der Waals surface area contributed by atoms with Gasteiger partial charge in [-0.2, -0.15) is 13.2 Å². The summed E-state index contributed by atoms with van der Waals surface area (Å²) in [5.74, 6) is 3.50. The number of aromatic nitrogens is 2. The third kappa shape index (κ3) is 5.66. The number of imidazole rings is 1. The maximum atomic E-state index is 12.7.